The van der Waals surface area contributed by atoms with E-state index in [4.69, 9.17) is 0 Å². The van der Waals surface area contributed by atoms with Gasteiger partial charge in [-0.05, 0) is 92.9 Å². The molecule has 0 nitrogen and oxygen atoms in total. The second-order valence-corrected chi connectivity index (χ2v) is 13.1. The Hall–Kier alpha value is -1.56. The SMILES string of the molecule is CCC(C)(C)c1[c]c(C(C)c2[c]c(C(C)(C)CC)cc(C(C)(C)CC)c2)cc(C(C)(C)CC)c1. The normalized spacial score (nSPS) is 13.6. The maximum atomic E-state index is 3.89. The lowest BCUT2D eigenvalue weighted by Gasteiger charge is -2.32. The summed E-state index contributed by atoms with van der Waals surface area (Å²) in [6, 6.07) is 17.5. The molecule has 0 heterocycles. The first-order valence-electron chi connectivity index (χ1n) is 13.7. The van der Waals surface area contributed by atoms with Crippen molar-refractivity contribution < 1.29 is 0 Å². The molecule has 0 saturated carbocycles. The molecule has 2 rings (SSSR count). The Labute approximate surface area is 213 Å². The van der Waals surface area contributed by atoms with Crippen molar-refractivity contribution >= 4 is 0 Å². The Bertz CT molecular complexity index is 820. The van der Waals surface area contributed by atoms with Crippen LogP contribution in [0.5, 0.6) is 0 Å². The van der Waals surface area contributed by atoms with Crippen molar-refractivity contribution in [3.05, 3.63) is 69.8 Å². The molecule has 0 aliphatic heterocycles. The molecule has 0 fully saturated rings. The standard InChI is InChI=1S/C34H52/c1-14-31(6,7)27-18-25(19-28(22-27)32(8,9)15-2)24(5)26-20-29(33(10,11)16-3)23-30(21-26)34(12,13)17-4/h18,20,22-24H,14-17H2,1-13H3. The third kappa shape index (κ3) is 5.98. The highest BCUT2D eigenvalue weighted by Gasteiger charge is 2.28. The van der Waals surface area contributed by atoms with Crippen molar-refractivity contribution in [2.45, 2.75) is 143 Å². The molecule has 34 heavy (non-hydrogen) atoms. The van der Waals surface area contributed by atoms with E-state index in [2.05, 4.69) is 126 Å². The molecule has 0 aromatic heterocycles. The molecular weight excluding hydrogens is 408 g/mol. The second-order valence-electron chi connectivity index (χ2n) is 13.1. The fourth-order valence-corrected chi connectivity index (χ4v) is 4.12. The van der Waals surface area contributed by atoms with Gasteiger partial charge in [-0.25, -0.2) is 0 Å². The third-order valence-electron chi connectivity index (χ3n) is 9.27. The van der Waals surface area contributed by atoms with Crippen LogP contribution in [0, 0.1) is 12.1 Å². The van der Waals surface area contributed by atoms with Crippen LogP contribution in [0.4, 0.5) is 0 Å². The van der Waals surface area contributed by atoms with Gasteiger partial charge in [0.1, 0.15) is 0 Å². The van der Waals surface area contributed by atoms with E-state index in [1.165, 1.54) is 33.4 Å². The van der Waals surface area contributed by atoms with E-state index in [1.54, 1.807) is 0 Å². The molecule has 188 valence electrons. The highest BCUT2D eigenvalue weighted by molar-refractivity contribution is 5.45. The molecule has 0 saturated heterocycles. The van der Waals surface area contributed by atoms with Gasteiger partial charge in [0, 0.05) is 5.92 Å². The minimum Gasteiger partial charge on any atom is -0.0646 e. The van der Waals surface area contributed by atoms with Gasteiger partial charge in [-0.1, -0.05) is 114 Å². The Kier molecular flexibility index (Phi) is 8.60. The summed E-state index contributed by atoms with van der Waals surface area (Å²) >= 11 is 0. The summed E-state index contributed by atoms with van der Waals surface area (Å²) in [5.41, 5.74) is 8.68. The average molecular weight is 461 g/mol. The number of benzene rings is 2. The summed E-state index contributed by atoms with van der Waals surface area (Å²) < 4.78 is 0. The summed E-state index contributed by atoms with van der Waals surface area (Å²) in [5.74, 6) is 0.248. The van der Waals surface area contributed by atoms with Crippen LogP contribution in [0.2, 0.25) is 0 Å². The predicted molar refractivity (Wildman–Crippen MR) is 151 cm³/mol. The zero-order valence-corrected chi connectivity index (χ0v) is 24.7. The van der Waals surface area contributed by atoms with E-state index < -0.39 is 0 Å². The highest BCUT2D eigenvalue weighted by atomic mass is 14.3. The number of hydrogen-bond donors (Lipinski definition) is 0. The van der Waals surface area contributed by atoms with Crippen LogP contribution in [-0.4, -0.2) is 0 Å². The zero-order valence-electron chi connectivity index (χ0n) is 24.7. The van der Waals surface area contributed by atoms with Crippen LogP contribution in [0.15, 0.2) is 24.3 Å². The van der Waals surface area contributed by atoms with Crippen LogP contribution in [-0.2, 0) is 21.7 Å². The summed E-state index contributed by atoms with van der Waals surface area (Å²) in [4.78, 5) is 0. The first-order valence-corrected chi connectivity index (χ1v) is 13.7. The molecule has 2 aromatic rings. The topological polar surface area (TPSA) is 0 Å². The molecule has 0 amide bonds. The lowest BCUT2D eigenvalue weighted by Crippen LogP contribution is -2.22. The van der Waals surface area contributed by atoms with Crippen molar-refractivity contribution in [1.82, 2.24) is 0 Å². The molecule has 2 aromatic carbocycles. The Morgan fingerprint density at radius 3 is 1.09 bits per heavy atom. The van der Waals surface area contributed by atoms with Crippen LogP contribution >= 0.6 is 0 Å². The third-order valence-corrected chi connectivity index (χ3v) is 9.27. The van der Waals surface area contributed by atoms with Gasteiger partial charge in [0.15, 0.2) is 0 Å². The van der Waals surface area contributed by atoms with E-state index in [0.717, 1.165) is 25.7 Å². The van der Waals surface area contributed by atoms with Gasteiger partial charge in [-0.3, -0.25) is 0 Å². The molecule has 0 N–H and O–H groups in total. The van der Waals surface area contributed by atoms with Crippen LogP contribution in [0.1, 0.15) is 155 Å². The fourth-order valence-electron chi connectivity index (χ4n) is 4.12. The van der Waals surface area contributed by atoms with Gasteiger partial charge in [0.05, 0.1) is 0 Å². The minimum absolute atomic E-state index is 0.111. The van der Waals surface area contributed by atoms with E-state index in [1.807, 2.05) is 0 Å². The maximum absolute atomic E-state index is 3.89. The minimum atomic E-state index is 0.111. The summed E-state index contributed by atoms with van der Waals surface area (Å²) in [7, 11) is 0. The van der Waals surface area contributed by atoms with E-state index in [0.29, 0.717) is 0 Å². The summed E-state index contributed by atoms with van der Waals surface area (Å²) in [5, 5.41) is 0. The molecule has 0 spiro atoms. The predicted octanol–water partition coefficient (Wildman–Crippen LogP) is 10.2. The van der Waals surface area contributed by atoms with Crippen LogP contribution in [0.25, 0.3) is 0 Å². The van der Waals surface area contributed by atoms with E-state index in [-0.39, 0.29) is 27.6 Å². The number of rotatable bonds is 10. The molecule has 0 atom stereocenters. The highest BCUT2D eigenvalue weighted by Crippen LogP contribution is 2.39. The van der Waals surface area contributed by atoms with Crippen molar-refractivity contribution in [3.63, 3.8) is 0 Å². The van der Waals surface area contributed by atoms with Gasteiger partial charge in [0.25, 0.3) is 0 Å². The molecule has 0 heteroatoms. The monoisotopic (exact) mass is 460 g/mol. The second kappa shape index (κ2) is 10.2. The average Bonchev–Trinajstić information content (AvgIpc) is 2.82. The Morgan fingerprint density at radius 1 is 0.529 bits per heavy atom. The number of hydrogen-bond acceptors (Lipinski definition) is 0. The Balaban J connectivity index is 2.78. The van der Waals surface area contributed by atoms with Crippen LogP contribution < -0.4 is 0 Å². The van der Waals surface area contributed by atoms with E-state index in [9.17, 15) is 0 Å². The first kappa shape index (κ1) is 28.7. The largest absolute Gasteiger partial charge is 0.0646 e. The van der Waals surface area contributed by atoms with Gasteiger partial charge in [-0.15, -0.1) is 0 Å². The van der Waals surface area contributed by atoms with Crippen molar-refractivity contribution in [2.24, 2.45) is 0 Å². The molecule has 0 unspecified atom stereocenters. The molecular formula is C34H52. The smallest absolute Gasteiger partial charge is 0.00737 e. The summed E-state index contributed by atoms with van der Waals surface area (Å²) in [6.45, 7) is 30.4. The fraction of sp³-hybridized carbons (Fsp3) is 0.647. The zero-order chi connectivity index (χ0) is 26.1. The van der Waals surface area contributed by atoms with Gasteiger partial charge in [0.2, 0.25) is 0 Å². The van der Waals surface area contributed by atoms with E-state index >= 15 is 0 Å². The van der Waals surface area contributed by atoms with Gasteiger partial charge in [-0.2, -0.15) is 0 Å². The van der Waals surface area contributed by atoms with Gasteiger partial charge >= 0.3 is 0 Å². The van der Waals surface area contributed by atoms with Crippen LogP contribution in [0.3, 0.4) is 0 Å². The maximum Gasteiger partial charge on any atom is 0.00737 e. The van der Waals surface area contributed by atoms with Crippen molar-refractivity contribution in [1.29, 1.82) is 0 Å². The van der Waals surface area contributed by atoms with Gasteiger partial charge < -0.3 is 0 Å². The Morgan fingerprint density at radius 2 is 0.824 bits per heavy atom. The lowest BCUT2D eigenvalue weighted by molar-refractivity contribution is 0.485. The summed E-state index contributed by atoms with van der Waals surface area (Å²) in [6.07, 6.45) is 4.46. The molecule has 0 bridgehead atoms. The molecule has 2 radical (unpaired) electrons. The van der Waals surface area contributed by atoms with Crippen molar-refractivity contribution in [2.75, 3.05) is 0 Å². The quantitative estimate of drug-likeness (QED) is 0.331. The first-order chi connectivity index (χ1) is 15.5. The molecule has 0 aliphatic rings. The van der Waals surface area contributed by atoms with Crippen molar-refractivity contribution in [3.8, 4) is 0 Å². The molecule has 0 aliphatic carbocycles. The lowest BCUT2D eigenvalue weighted by atomic mass is 9.72.